The molecule has 0 atom stereocenters. The van der Waals surface area contributed by atoms with Crippen LogP contribution in [0.5, 0.6) is 11.6 Å². The molecule has 5 amide bonds. The normalized spacial score (nSPS) is 18.7. The van der Waals surface area contributed by atoms with Gasteiger partial charge in [0.2, 0.25) is 5.88 Å². The van der Waals surface area contributed by atoms with Crippen molar-refractivity contribution in [1.82, 2.24) is 20.5 Å². The van der Waals surface area contributed by atoms with E-state index in [1.54, 1.807) is 34.1 Å². The summed E-state index contributed by atoms with van der Waals surface area (Å²) in [6.07, 6.45) is 2.44. The van der Waals surface area contributed by atoms with Gasteiger partial charge in [0.15, 0.2) is 5.54 Å². The lowest BCUT2D eigenvalue weighted by atomic mass is 9.92. The zero-order chi connectivity index (χ0) is 24.6. The molecule has 0 aliphatic carbocycles. The predicted molar refractivity (Wildman–Crippen MR) is 123 cm³/mol. The topological polar surface area (TPSA) is 130 Å². The highest BCUT2D eigenvalue weighted by Gasteiger charge is 2.57. The van der Waals surface area contributed by atoms with Crippen molar-refractivity contribution >= 4 is 29.4 Å². The van der Waals surface area contributed by atoms with Gasteiger partial charge in [0.25, 0.3) is 17.7 Å². The molecule has 11 heteroatoms. The van der Waals surface area contributed by atoms with Gasteiger partial charge in [0.1, 0.15) is 5.75 Å². The lowest BCUT2D eigenvalue weighted by Crippen LogP contribution is -2.71. The van der Waals surface area contributed by atoms with E-state index in [0.29, 0.717) is 68.6 Å². The van der Waals surface area contributed by atoms with Gasteiger partial charge in [0, 0.05) is 37.9 Å². The molecule has 2 aromatic rings. The third kappa shape index (κ3) is 3.97. The Bertz CT molecular complexity index is 1180. The van der Waals surface area contributed by atoms with E-state index in [-0.39, 0.29) is 5.91 Å². The lowest BCUT2D eigenvalue weighted by molar-refractivity contribution is -0.137. The molecule has 4 heterocycles. The number of hydrogen-bond acceptors (Lipinski definition) is 8. The number of ether oxygens (including phenoxy) is 2. The molecule has 0 unspecified atom stereocenters. The largest absolute Gasteiger partial charge is 0.439 e. The number of imide groups is 2. The Balaban J connectivity index is 1.29. The van der Waals surface area contributed by atoms with Crippen LogP contribution in [0, 0.1) is 0 Å². The Hall–Kier alpha value is -3.99. The molecule has 0 saturated carbocycles. The summed E-state index contributed by atoms with van der Waals surface area (Å²) in [5.41, 5.74) is 0.625. The van der Waals surface area contributed by atoms with Gasteiger partial charge in [-0.1, -0.05) is 0 Å². The van der Waals surface area contributed by atoms with E-state index in [0.717, 1.165) is 5.56 Å². The van der Waals surface area contributed by atoms with Crippen molar-refractivity contribution in [3.05, 3.63) is 47.7 Å². The zero-order valence-electron chi connectivity index (χ0n) is 19.2. The molecule has 1 aromatic carbocycles. The van der Waals surface area contributed by atoms with Gasteiger partial charge >= 0.3 is 6.03 Å². The average molecular weight is 479 g/mol. The van der Waals surface area contributed by atoms with E-state index >= 15 is 0 Å². The number of nitrogens with one attached hydrogen (secondary N) is 2. The second-order valence-electron chi connectivity index (χ2n) is 8.55. The van der Waals surface area contributed by atoms with Gasteiger partial charge in [0.05, 0.1) is 18.5 Å². The molecule has 5 rings (SSSR count). The summed E-state index contributed by atoms with van der Waals surface area (Å²) in [4.78, 5) is 57.1. The number of carbonyl (C=O) groups is 4. The first-order chi connectivity index (χ1) is 16.9. The maximum atomic E-state index is 12.6. The highest BCUT2D eigenvalue weighted by atomic mass is 16.5. The number of benzene rings is 1. The van der Waals surface area contributed by atoms with Crippen LogP contribution < -0.4 is 20.3 Å². The Labute approximate surface area is 201 Å². The van der Waals surface area contributed by atoms with Crippen LogP contribution in [0.15, 0.2) is 36.5 Å². The van der Waals surface area contributed by atoms with Crippen LogP contribution in [-0.4, -0.2) is 65.5 Å². The Morgan fingerprint density at radius 3 is 2.60 bits per heavy atom. The van der Waals surface area contributed by atoms with Crippen LogP contribution in [0.25, 0.3) is 0 Å². The molecule has 2 saturated heterocycles. The van der Waals surface area contributed by atoms with Crippen molar-refractivity contribution in [3.8, 4) is 11.6 Å². The number of rotatable bonds is 7. The number of amides is 5. The van der Waals surface area contributed by atoms with Crippen molar-refractivity contribution in [1.29, 1.82) is 0 Å². The first-order valence-corrected chi connectivity index (χ1v) is 11.5. The standard InChI is InChI=1S/C24H25N5O6/c1-2-34-11-10-28-14-15-12-17(5-6-18(15)20(28)30)35-19-7-4-16(13-25-19)29-9-3-8-24(29)21(31)26-23(33)27-22(24)32/h4-7,12-13H,2-3,8-11,14H2,1H3,(H2,26,27,31,32,33). The quantitative estimate of drug-likeness (QED) is 0.452. The van der Waals surface area contributed by atoms with Gasteiger partial charge < -0.3 is 19.3 Å². The van der Waals surface area contributed by atoms with Gasteiger partial charge in [-0.3, -0.25) is 25.0 Å². The summed E-state index contributed by atoms with van der Waals surface area (Å²) >= 11 is 0. The van der Waals surface area contributed by atoms with Crippen LogP contribution >= 0.6 is 0 Å². The lowest BCUT2D eigenvalue weighted by Gasteiger charge is -2.38. The Morgan fingerprint density at radius 2 is 1.89 bits per heavy atom. The molecule has 0 radical (unpaired) electrons. The number of barbiturate groups is 1. The minimum absolute atomic E-state index is 0.0224. The second kappa shape index (κ2) is 8.99. The van der Waals surface area contributed by atoms with Gasteiger partial charge in [-0.05, 0) is 49.6 Å². The zero-order valence-corrected chi connectivity index (χ0v) is 19.2. The molecule has 2 N–H and O–H groups in total. The number of carbonyl (C=O) groups excluding carboxylic acids is 4. The van der Waals surface area contributed by atoms with E-state index in [9.17, 15) is 19.2 Å². The van der Waals surface area contributed by atoms with E-state index < -0.39 is 23.4 Å². The second-order valence-corrected chi connectivity index (χ2v) is 8.55. The summed E-state index contributed by atoms with van der Waals surface area (Å²) in [5.74, 6) is -0.414. The summed E-state index contributed by atoms with van der Waals surface area (Å²) in [6, 6.07) is 7.86. The van der Waals surface area contributed by atoms with Gasteiger partial charge in [-0.25, -0.2) is 9.78 Å². The molecule has 3 aliphatic rings. The van der Waals surface area contributed by atoms with E-state index in [4.69, 9.17) is 9.47 Å². The van der Waals surface area contributed by atoms with E-state index in [1.165, 1.54) is 6.20 Å². The monoisotopic (exact) mass is 479 g/mol. The highest BCUT2D eigenvalue weighted by molar-refractivity contribution is 6.24. The average Bonchev–Trinajstić information content (AvgIpc) is 3.41. The molecule has 35 heavy (non-hydrogen) atoms. The minimum atomic E-state index is -1.47. The summed E-state index contributed by atoms with van der Waals surface area (Å²) in [6.45, 7) is 4.51. The molecular weight excluding hydrogens is 454 g/mol. The minimum Gasteiger partial charge on any atom is -0.439 e. The predicted octanol–water partition coefficient (Wildman–Crippen LogP) is 1.57. The summed E-state index contributed by atoms with van der Waals surface area (Å²) < 4.78 is 11.3. The van der Waals surface area contributed by atoms with Crippen molar-refractivity contribution < 1.29 is 28.7 Å². The number of anilines is 1. The molecule has 2 fully saturated rings. The fourth-order valence-electron chi connectivity index (χ4n) is 4.82. The third-order valence-corrected chi connectivity index (χ3v) is 6.51. The molecule has 3 aliphatic heterocycles. The number of aromatic nitrogens is 1. The van der Waals surface area contributed by atoms with Crippen LogP contribution in [0.2, 0.25) is 0 Å². The molecule has 182 valence electrons. The highest BCUT2D eigenvalue weighted by Crippen LogP contribution is 2.36. The third-order valence-electron chi connectivity index (χ3n) is 6.51. The number of hydrogen-bond donors (Lipinski definition) is 2. The Morgan fingerprint density at radius 1 is 1.09 bits per heavy atom. The number of fused-ring (bicyclic) bond motifs is 1. The summed E-state index contributed by atoms with van der Waals surface area (Å²) in [7, 11) is 0. The van der Waals surface area contributed by atoms with E-state index in [1.807, 2.05) is 13.0 Å². The van der Waals surface area contributed by atoms with E-state index in [2.05, 4.69) is 15.6 Å². The molecule has 1 aromatic heterocycles. The van der Waals surface area contributed by atoms with Crippen molar-refractivity contribution in [3.63, 3.8) is 0 Å². The van der Waals surface area contributed by atoms with Gasteiger partial charge in [-0.2, -0.15) is 0 Å². The van der Waals surface area contributed by atoms with Gasteiger partial charge in [-0.15, -0.1) is 0 Å². The molecule has 1 spiro atoms. The van der Waals surface area contributed by atoms with Crippen molar-refractivity contribution in [2.75, 3.05) is 31.2 Å². The fraction of sp³-hybridized carbons (Fsp3) is 0.375. The maximum Gasteiger partial charge on any atom is 0.328 e. The number of urea groups is 1. The number of nitrogens with zero attached hydrogens (tertiary/aromatic N) is 3. The van der Waals surface area contributed by atoms with Crippen LogP contribution in [-0.2, 0) is 20.9 Å². The van der Waals surface area contributed by atoms with Crippen LogP contribution in [0.3, 0.4) is 0 Å². The molecule has 11 nitrogen and oxygen atoms in total. The summed E-state index contributed by atoms with van der Waals surface area (Å²) in [5, 5.41) is 4.39. The maximum absolute atomic E-state index is 12.6. The SMILES string of the molecule is CCOCCN1Cc2cc(Oc3ccc(N4CCCC45C(=O)NC(=O)NC5=O)cn3)ccc2C1=O. The molecule has 0 bridgehead atoms. The van der Waals surface area contributed by atoms with Crippen molar-refractivity contribution in [2.24, 2.45) is 0 Å². The van der Waals surface area contributed by atoms with Crippen molar-refractivity contribution in [2.45, 2.75) is 31.8 Å². The smallest absolute Gasteiger partial charge is 0.328 e. The van der Waals surface area contributed by atoms with Crippen LogP contribution in [0.1, 0.15) is 35.7 Å². The first kappa shape index (κ1) is 22.8. The fourth-order valence-corrected chi connectivity index (χ4v) is 4.82. The first-order valence-electron chi connectivity index (χ1n) is 11.5. The Kier molecular flexibility index (Phi) is 5.85. The number of pyridine rings is 1. The molecular formula is C24H25N5O6. The van der Waals surface area contributed by atoms with Crippen LogP contribution in [0.4, 0.5) is 10.5 Å².